The molecule has 3 atom stereocenters. The molecule has 0 bridgehead atoms. The lowest BCUT2D eigenvalue weighted by atomic mass is 9.73. The number of hydrogen-bond donors (Lipinski definition) is 3. The maximum Gasteiger partial charge on any atom is 0.218 e. The molecule has 0 saturated heterocycles. The topological polar surface area (TPSA) is 107 Å². The van der Waals surface area contributed by atoms with Gasteiger partial charge in [-0.05, 0) is 66.8 Å². The number of nitriles is 1. The fourth-order valence-corrected chi connectivity index (χ4v) is 5.32. The Morgan fingerprint density at radius 1 is 1.31 bits per heavy atom. The van der Waals surface area contributed by atoms with Gasteiger partial charge in [0.05, 0.1) is 23.8 Å². The summed E-state index contributed by atoms with van der Waals surface area (Å²) in [5.74, 6) is 0.494. The highest BCUT2D eigenvalue weighted by molar-refractivity contribution is 5.73. The predicted molar refractivity (Wildman–Crippen MR) is 138 cm³/mol. The molecule has 192 valence electrons. The van der Waals surface area contributed by atoms with Gasteiger partial charge in [0.25, 0.3) is 0 Å². The molecular weight excluding hydrogens is 452 g/mol. The molecule has 7 nitrogen and oxygen atoms in total. The molecule has 1 saturated carbocycles. The number of nitrogens with one attached hydrogen (secondary N) is 2. The second-order valence-electron chi connectivity index (χ2n) is 11.7. The molecule has 1 fully saturated rings. The molecule has 1 amide bonds. The zero-order valence-electron chi connectivity index (χ0n) is 21.8. The van der Waals surface area contributed by atoms with Crippen LogP contribution in [0.4, 0.5) is 0 Å². The van der Waals surface area contributed by atoms with E-state index in [0.29, 0.717) is 24.4 Å². The van der Waals surface area contributed by atoms with E-state index in [1.165, 1.54) is 12.5 Å². The van der Waals surface area contributed by atoms with Crippen LogP contribution in [0.1, 0.15) is 81.7 Å². The first-order valence-electron chi connectivity index (χ1n) is 12.9. The number of hydrogen-bond acceptors (Lipinski definition) is 6. The van der Waals surface area contributed by atoms with Crippen LogP contribution in [0.5, 0.6) is 5.88 Å². The molecule has 2 aromatic rings. The molecule has 4 rings (SSSR count). The number of aliphatic hydroxyl groups is 1. The maximum atomic E-state index is 11.9. The molecule has 1 aliphatic heterocycles. The molecule has 0 unspecified atom stereocenters. The van der Waals surface area contributed by atoms with Crippen LogP contribution in [0.3, 0.4) is 0 Å². The number of aliphatic hydroxyl groups excluding tert-OH is 1. The van der Waals surface area contributed by atoms with Crippen molar-refractivity contribution in [3.05, 3.63) is 58.8 Å². The minimum Gasteiger partial charge on any atom is -0.471 e. The number of pyridine rings is 1. The molecule has 1 aromatic heterocycles. The Kier molecular flexibility index (Phi) is 7.67. The minimum absolute atomic E-state index is 0.0102. The van der Waals surface area contributed by atoms with Crippen molar-refractivity contribution in [1.29, 1.82) is 5.26 Å². The van der Waals surface area contributed by atoms with Crippen molar-refractivity contribution in [2.24, 2.45) is 5.41 Å². The highest BCUT2D eigenvalue weighted by Crippen LogP contribution is 2.48. The Morgan fingerprint density at radius 3 is 2.72 bits per heavy atom. The number of carbonyl (C=O) groups excluding carboxylic acids is 1. The van der Waals surface area contributed by atoms with E-state index >= 15 is 0 Å². The summed E-state index contributed by atoms with van der Waals surface area (Å²) >= 11 is 0. The standard InChI is InChI=1S/C29H38N4O3/c1-19(34)33-24(13-20-7-5-8-21(11-20)16-30)26(35)18-31-25-15-29(9-6-10-29)36-27-23(25)12-22(17-32-27)14-28(2,3)4/h5,7-8,11-12,17,24-26,31,35H,6,9-10,13-15,18H2,1-4H3,(H,33,34)/t24-,25-,26-/m0/s1. The number of benzene rings is 1. The zero-order valence-corrected chi connectivity index (χ0v) is 21.8. The molecule has 1 aliphatic carbocycles. The average Bonchev–Trinajstić information content (AvgIpc) is 2.79. The molecule has 36 heavy (non-hydrogen) atoms. The molecule has 0 radical (unpaired) electrons. The van der Waals surface area contributed by atoms with Crippen LogP contribution in [0.15, 0.2) is 36.5 Å². The predicted octanol–water partition coefficient (Wildman–Crippen LogP) is 3.99. The van der Waals surface area contributed by atoms with Gasteiger partial charge in [-0.25, -0.2) is 4.98 Å². The SMILES string of the molecule is CC(=O)N[C@@H](Cc1cccc(C#N)c1)[C@@H](O)CN[C@H]1CC2(CCC2)Oc2ncc(CC(C)(C)C)cc21. The van der Waals surface area contributed by atoms with E-state index in [4.69, 9.17) is 9.72 Å². The van der Waals surface area contributed by atoms with Gasteiger partial charge in [-0.2, -0.15) is 5.26 Å². The highest BCUT2D eigenvalue weighted by Gasteiger charge is 2.46. The fourth-order valence-electron chi connectivity index (χ4n) is 5.32. The number of amides is 1. The second-order valence-corrected chi connectivity index (χ2v) is 11.7. The van der Waals surface area contributed by atoms with Crippen LogP contribution in [0.25, 0.3) is 0 Å². The van der Waals surface area contributed by atoms with E-state index in [1.807, 2.05) is 18.3 Å². The second kappa shape index (κ2) is 10.6. The number of ether oxygens (including phenoxy) is 1. The van der Waals surface area contributed by atoms with Crippen molar-refractivity contribution in [1.82, 2.24) is 15.6 Å². The van der Waals surface area contributed by atoms with Crippen LogP contribution < -0.4 is 15.4 Å². The van der Waals surface area contributed by atoms with E-state index in [9.17, 15) is 15.2 Å². The first-order chi connectivity index (χ1) is 17.1. The summed E-state index contributed by atoms with van der Waals surface area (Å²) in [4.78, 5) is 16.6. The van der Waals surface area contributed by atoms with Gasteiger partial charge >= 0.3 is 0 Å². The van der Waals surface area contributed by atoms with E-state index in [0.717, 1.165) is 43.2 Å². The molecule has 3 N–H and O–H groups in total. The third kappa shape index (κ3) is 6.43. The molecule has 7 heteroatoms. The van der Waals surface area contributed by atoms with Gasteiger partial charge in [0, 0.05) is 37.7 Å². The smallest absolute Gasteiger partial charge is 0.218 e. The Bertz CT molecular complexity index is 1130. The molecule has 1 aromatic carbocycles. The van der Waals surface area contributed by atoms with Crippen molar-refractivity contribution in [3.8, 4) is 11.9 Å². The van der Waals surface area contributed by atoms with Crippen molar-refractivity contribution in [2.45, 2.75) is 90.0 Å². The molecule has 2 heterocycles. The molecule has 1 spiro atoms. The first kappa shape index (κ1) is 26.1. The lowest BCUT2D eigenvalue weighted by molar-refractivity contribution is -0.120. The van der Waals surface area contributed by atoms with E-state index in [1.54, 1.807) is 12.1 Å². The van der Waals surface area contributed by atoms with Gasteiger partial charge in [0.1, 0.15) is 5.60 Å². The normalized spacial score (nSPS) is 19.8. The van der Waals surface area contributed by atoms with Gasteiger partial charge < -0.3 is 20.5 Å². The van der Waals surface area contributed by atoms with Crippen LogP contribution in [0, 0.1) is 16.7 Å². The summed E-state index contributed by atoms with van der Waals surface area (Å²) in [5, 5.41) is 26.8. The lowest BCUT2D eigenvalue weighted by Crippen LogP contribution is -2.52. The Morgan fingerprint density at radius 2 is 2.08 bits per heavy atom. The van der Waals surface area contributed by atoms with Crippen LogP contribution in [-0.4, -0.2) is 40.3 Å². The summed E-state index contributed by atoms with van der Waals surface area (Å²) in [6, 6.07) is 11.1. The Balaban J connectivity index is 1.50. The third-order valence-corrected chi connectivity index (χ3v) is 7.14. The van der Waals surface area contributed by atoms with Crippen LogP contribution in [0.2, 0.25) is 0 Å². The number of fused-ring (bicyclic) bond motifs is 1. The average molecular weight is 491 g/mol. The quantitative estimate of drug-likeness (QED) is 0.517. The Labute approximate surface area is 214 Å². The summed E-state index contributed by atoms with van der Waals surface area (Å²) in [7, 11) is 0. The zero-order chi connectivity index (χ0) is 25.9. The summed E-state index contributed by atoms with van der Waals surface area (Å²) < 4.78 is 6.38. The molecule has 2 aliphatic rings. The third-order valence-electron chi connectivity index (χ3n) is 7.14. The summed E-state index contributed by atoms with van der Waals surface area (Å²) in [5.41, 5.74) is 3.64. The van der Waals surface area contributed by atoms with Gasteiger partial charge in [-0.3, -0.25) is 4.79 Å². The maximum absolute atomic E-state index is 11.9. The number of nitrogens with zero attached hydrogens (tertiary/aromatic N) is 2. The van der Waals surface area contributed by atoms with Crippen molar-refractivity contribution < 1.29 is 14.6 Å². The van der Waals surface area contributed by atoms with Crippen molar-refractivity contribution in [3.63, 3.8) is 0 Å². The number of carbonyl (C=O) groups is 1. The number of rotatable bonds is 8. The first-order valence-corrected chi connectivity index (χ1v) is 12.9. The van der Waals surface area contributed by atoms with E-state index < -0.39 is 12.1 Å². The van der Waals surface area contributed by atoms with Crippen LogP contribution >= 0.6 is 0 Å². The minimum atomic E-state index is -0.811. The van der Waals surface area contributed by atoms with Crippen LogP contribution in [-0.2, 0) is 17.6 Å². The largest absolute Gasteiger partial charge is 0.471 e. The van der Waals surface area contributed by atoms with Gasteiger partial charge in [0.2, 0.25) is 11.8 Å². The number of aromatic nitrogens is 1. The van der Waals surface area contributed by atoms with E-state index in [2.05, 4.69) is 43.5 Å². The fraction of sp³-hybridized carbons (Fsp3) is 0.552. The summed E-state index contributed by atoms with van der Waals surface area (Å²) in [6.07, 6.45) is 6.49. The van der Waals surface area contributed by atoms with Crippen molar-refractivity contribution in [2.75, 3.05) is 6.54 Å². The van der Waals surface area contributed by atoms with Gasteiger partial charge in [0.15, 0.2) is 0 Å². The van der Waals surface area contributed by atoms with Gasteiger partial charge in [-0.15, -0.1) is 0 Å². The van der Waals surface area contributed by atoms with Crippen molar-refractivity contribution >= 4 is 5.91 Å². The monoisotopic (exact) mass is 490 g/mol. The molecular formula is C29H38N4O3. The van der Waals surface area contributed by atoms with Gasteiger partial charge in [-0.1, -0.05) is 32.9 Å². The summed E-state index contributed by atoms with van der Waals surface area (Å²) in [6.45, 7) is 8.41. The highest BCUT2D eigenvalue weighted by atomic mass is 16.5. The van der Waals surface area contributed by atoms with E-state index in [-0.39, 0.29) is 23.0 Å². The lowest BCUT2D eigenvalue weighted by Gasteiger charge is -2.47. The Hall–Kier alpha value is -2.95.